The number of benzene rings is 6. The van der Waals surface area contributed by atoms with E-state index in [1.54, 1.807) is 0 Å². The van der Waals surface area contributed by atoms with Crippen molar-refractivity contribution in [2.45, 2.75) is 63.5 Å². The molecule has 58 heavy (non-hydrogen) atoms. The molecule has 1 fully saturated rings. The van der Waals surface area contributed by atoms with Crippen molar-refractivity contribution in [2.75, 3.05) is 13.2 Å². The average Bonchev–Trinajstić information content (AvgIpc) is 3.25. The Labute approximate surface area is 348 Å². The number of ether oxygens (including phenoxy) is 5. The summed E-state index contributed by atoms with van der Waals surface area (Å²) in [6.45, 7) is 3.41. The quantitative estimate of drug-likeness (QED) is 0.0858. The number of hydrogen-bond acceptors (Lipinski definition) is 5. The van der Waals surface area contributed by atoms with Crippen LogP contribution < -0.4 is 4.74 Å². The predicted octanol–water partition coefficient (Wildman–Crippen LogP) is 12.1. The summed E-state index contributed by atoms with van der Waals surface area (Å²) in [6, 6.07) is 54.5. The van der Waals surface area contributed by atoms with Crippen LogP contribution in [0.4, 0.5) is 8.78 Å². The molecule has 302 valence electrons. The van der Waals surface area contributed by atoms with Crippen molar-refractivity contribution in [1.82, 2.24) is 0 Å². The highest BCUT2D eigenvalue weighted by atomic mass is 35.5. The molecule has 1 aliphatic heterocycles. The van der Waals surface area contributed by atoms with E-state index in [2.05, 4.69) is 18.2 Å². The molecule has 3 unspecified atom stereocenters. The van der Waals surface area contributed by atoms with E-state index in [-0.39, 0.29) is 33.0 Å². The van der Waals surface area contributed by atoms with Crippen LogP contribution in [0.25, 0.3) is 0 Å². The van der Waals surface area contributed by atoms with E-state index in [0.29, 0.717) is 6.61 Å². The zero-order chi connectivity index (χ0) is 40.4. The van der Waals surface area contributed by atoms with Crippen LogP contribution in [0.1, 0.15) is 40.3 Å². The lowest BCUT2D eigenvalue weighted by atomic mass is 9.97. The molecule has 0 amide bonds. The highest BCUT2D eigenvalue weighted by Gasteiger charge is 2.57. The Hall–Kier alpha value is -4.46. The Morgan fingerprint density at radius 1 is 0.534 bits per heavy atom. The summed E-state index contributed by atoms with van der Waals surface area (Å²) in [6.07, 6.45) is -0.816. The smallest absolute Gasteiger partial charge is 0.271 e. The van der Waals surface area contributed by atoms with Crippen LogP contribution in [0.3, 0.4) is 0 Å². The molecule has 6 aromatic rings. The Balaban J connectivity index is 0.000000278. The minimum atomic E-state index is -3.06. The lowest BCUT2D eigenvalue weighted by Crippen LogP contribution is -2.55. The van der Waals surface area contributed by atoms with E-state index in [0.717, 1.165) is 45.0 Å². The maximum Gasteiger partial charge on any atom is 0.271 e. The molecular weight excluding hydrogens is 773 g/mol. The molecule has 1 heterocycles. The Morgan fingerprint density at radius 3 is 1.52 bits per heavy atom. The Morgan fingerprint density at radius 2 is 1.00 bits per heavy atom. The van der Waals surface area contributed by atoms with E-state index in [9.17, 15) is 0 Å². The number of hydrogen-bond donors (Lipinski definition) is 0. The Kier molecular flexibility index (Phi) is 16.8. The molecule has 0 spiro atoms. The first-order valence-corrected chi connectivity index (χ1v) is 21.0. The third kappa shape index (κ3) is 13.3. The van der Waals surface area contributed by atoms with Crippen molar-refractivity contribution < 1.29 is 32.5 Å². The first kappa shape index (κ1) is 43.1. The van der Waals surface area contributed by atoms with Crippen molar-refractivity contribution in [1.29, 1.82) is 0 Å². The van der Waals surface area contributed by atoms with E-state index in [1.165, 1.54) is 5.56 Å². The van der Waals surface area contributed by atoms with Gasteiger partial charge in [-0.3, -0.25) is 0 Å². The molecule has 0 saturated carbocycles. The second kappa shape index (κ2) is 22.6. The molecule has 5 atom stereocenters. The summed E-state index contributed by atoms with van der Waals surface area (Å²) >= 11 is 6.13. The van der Waals surface area contributed by atoms with Gasteiger partial charge in [-0.05, 0) is 73.5 Å². The van der Waals surface area contributed by atoms with E-state index in [4.69, 9.17) is 35.3 Å². The van der Waals surface area contributed by atoms with Gasteiger partial charge in [0.05, 0.1) is 51.7 Å². The van der Waals surface area contributed by atoms with Crippen LogP contribution in [0.5, 0.6) is 5.75 Å². The molecule has 9 heteroatoms. The average molecular weight is 823 g/mol. The molecule has 0 radical (unpaired) electrons. The van der Waals surface area contributed by atoms with Crippen LogP contribution in [0.2, 0.25) is 5.02 Å². The largest absolute Gasteiger partial charge is 0.494 e. The van der Waals surface area contributed by atoms with Gasteiger partial charge >= 0.3 is 0 Å². The van der Waals surface area contributed by atoms with Crippen LogP contribution in [-0.4, -0.2) is 36.9 Å². The zero-order valence-corrected chi connectivity index (χ0v) is 34.4. The zero-order valence-electron chi connectivity index (χ0n) is 32.6. The van der Waals surface area contributed by atoms with Gasteiger partial charge in [0.2, 0.25) is 0 Å². The summed E-state index contributed by atoms with van der Waals surface area (Å²) in [5, 5.41) is 0.821. The Bertz CT molecular complexity index is 2040. The predicted molar refractivity (Wildman–Crippen MR) is 230 cm³/mol. The van der Waals surface area contributed by atoms with Gasteiger partial charge in [0.25, 0.3) is 5.66 Å². The normalized spacial score (nSPS) is 18.9. The number of rotatable bonds is 17. The van der Waals surface area contributed by atoms with Gasteiger partial charge in [-0.1, -0.05) is 163 Å². The first-order valence-electron chi connectivity index (χ1n) is 19.6. The van der Waals surface area contributed by atoms with Gasteiger partial charge in [0.1, 0.15) is 17.7 Å². The standard InChI is InChI=1S/C34H35F2O4P.C15H15ClO/c35-34(36)30(25-37-21-26-13-5-1-6-14-26)31(38-22-27-15-7-2-8-16-27)32(39-23-28-17-9-3-10-18-28)33(41-34)40-24-29-19-11-4-12-20-29;1-2-17-14-9-7-12(8-10-14)11-13-5-3-4-6-15(13)16/h1-20,30-33,41H,21-25H2;3-10H,2,11H2,1H3/t30?,31-,32?,33+;/m1./s1. The van der Waals surface area contributed by atoms with Crippen LogP contribution in [0, 0.1) is 5.92 Å². The topological polar surface area (TPSA) is 46.2 Å². The van der Waals surface area contributed by atoms with Crippen LogP contribution in [0.15, 0.2) is 170 Å². The minimum absolute atomic E-state index is 0.162. The molecule has 1 aliphatic rings. The van der Waals surface area contributed by atoms with Gasteiger partial charge in [0, 0.05) is 5.02 Å². The summed E-state index contributed by atoms with van der Waals surface area (Å²) in [7, 11) is -0.807. The molecule has 0 N–H and O–H groups in total. The van der Waals surface area contributed by atoms with Gasteiger partial charge in [-0.25, -0.2) is 8.78 Å². The van der Waals surface area contributed by atoms with E-state index < -0.39 is 38.2 Å². The molecule has 1 saturated heterocycles. The monoisotopic (exact) mass is 822 g/mol. The second-order valence-electron chi connectivity index (χ2n) is 14.0. The SMILES string of the molecule is CCOc1ccc(Cc2ccccc2Cl)cc1.FC1(F)P[C@H](OCc2ccccc2)C(OCc2ccccc2)[C@H](OCc2ccccc2)C1COCc1ccccc1. The maximum atomic E-state index is 16.0. The third-order valence-corrected chi connectivity index (χ3v) is 11.6. The van der Waals surface area contributed by atoms with Gasteiger partial charge < -0.3 is 23.7 Å². The van der Waals surface area contributed by atoms with Crippen molar-refractivity contribution in [3.05, 3.63) is 208 Å². The molecule has 0 bridgehead atoms. The summed E-state index contributed by atoms with van der Waals surface area (Å²) < 4.78 is 62.3. The lowest BCUT2D eigenvalue weighted by Gasteiger charge is -2.46. The molecular formula is C49H50ClF2O5P. The minimum Gasteiger partial charge on any atom is -0.494 e. The summed E-state index contributed by atoms with van der Waals surface area (Å²) in [5.41, 5.74) is 3.02. The van der Waals surface area contributed by atoms with Crippen molar-refractivity contribution in [2.24, 2.45) is 5.92 Å². The summed E-state index contributed by atoms with van der Waals surface area (Å²) in [4.78, 5) is 0. The highest BCUT2D eigenvalue weighted by molar-refractivity contribution is 7.40. The fourth-order valence-electron chi connectivity index (χ4n) is 6.62. The third-order valence-electron chi connectivity index (χ3n) is 9.66. The molecule has 0 aromatic heterocycles. The van der Waals surface area contributed by atoms with E-state index >= 15 is 8.78 Å². The van der Waals surface area contributed by atoms with Gasteiger partial charge in [0.15, 0.2) is 0 Å². The van der Waals surface area contributed by atoms with Crippen molar-refractivity contribution in [3.63, 3.8) is 0 Å². The lowest BCUT2D eigenvalue weighted by molar-refractivity contribution is -0.195. The number of alkyl halides is 2. The molecule has 6 aromatic carbocycles. The van der Waals surface area contributed by atoms with Crippen molar-refractivity contribution in [3.8, 4) is 5.75 Å². The van der Waals surface area contributed by atoms with Crippen molar-refractivity contribution >= 4 is 20.2 Å². The van der Waals surface area contributed by atoms with Crippen LogP contribution in [-0.2, 0) is 51.8 Å². The first-order chi connectivity index (χ1) is 28.4. The maximum absolute atomic E-state index is 16.0. The van der Waals surface area contributed by atoms with Crippen LogP contribution >= 0.6 is 20.2 Å². The van der Waals surface area contributed by atoms with Gasteiger partial charge in [-0.15, -0.1) is 0 Å². The molecule has 0 aliphatic carbocycles. The van der Waals surface area contributed by atoms with Gasteiger partial charge in [-0.2, -0.15) is 0 Å². The second-order valence-corrected chi connectivity index (χ2v) is 15.9. The fraction of sp³-hybridized carbons (Fsp3) is 0.265. The van der Waals surface area contributed by atoms with E-state index in [1.807, 2.05) is 159 Å². The molecule has 7 rings (SSSR count). The number of halogens is 3. The summed E-state index contributed by atoms with van der Waals surface area (Å²) in [5.74, 6) is -1.14. The highest BCUT2D eigenvalue weighted by Crippen LogP contribution is 2.54. The fourth-order valence-corrected chi connectivity index (χ4v) is 8.28. The molecule has 5 nitrogen and oxygen atoms in total.